The lowest BCUT2D eigenvalue weighted by Crippen LogP contribution is -2.59. The lowest BCUT2D eigenvalue weighted by Gasteiger charge is -2.52. The van der Waals surface area contributed by atoms with Gasteiger partial charge in [0.15, 0.2) is 0 Å². The second-order valence-corrected chi connectivity index (χ2v) is 14.1. The molecule has 3 atom stereocenters. The number of nitrogens with one attached hydrogen (secondary N) is 2. The molecule has 7 heteroatoms. The quantitative estimate of drug-likeness (QED) is 0.147. The predicted molar refractivity (Wildman–Crippen MR) is 214 cm³/mol. The van der Waals surface area contributed by atoms with Crippen LogP contribution in [0.5, 0.6) is 5.75 Å². The van der Waals surface area contributed by atoms with E-state index in [1.165, 1.54) is 0 Å². The van der Waals surface area contributed by atoms with Crippen LogP contribution in [0.3, 0.4) is 0 Å². The monoisotopic (exact) mass is 707 g/mol. The van der Waals surface area contributed by atoms with E-state index >= 15 is 0 Å². The Bertz CT molecular complexity index is 2270. The molecule has 54 heavy (non-hydrogen) atoms. The maximum absolute atomic E-state index is 14.8. The average Bonchev–Trinajstić information content (AvgIpc) is 3.78. The highest BCUT2D eigenvalue weighted by Crippen LogP contribution is 2.62. The van der Waals surface area contributed by atoms with Crippen molar-refractivity contribution >= 4 is 17.3 Å². The van der Waals surface area contributed by atoms with Crippen molar-refractivity contribution in [3.05, 3.63) is 215 Å². The van der Waals surface area contributed by atoms with Gasteiger partial charge in [-0.2, -0.15) is 0 Å². The molecule has 2 aliphatic heterocycles. The van der Waals surface area contributed by atoms with E-state index in [0.717, 1.165) is 50.6 Å². The number of aromatic nitrogens is 1. The second-order valence-electron chi connectivity index (χ2n) is 14.1. The van der Waals surface area contributed by atoms with Gasteiger partial charge in [0.1, 0.15) is 11.3 Å². The van der Waals surface area contributed by atoms with Crippen molar-refractivity contribution < 1.29 is 9.53 Å². The number of hydrogen-bond donors (Lipinski definition) is 2. The Balaban J connectivity index is 1.33. The van der Waals surface area contributed by atoms with Gasteiger partial charge in [0.25, 0.3) is 5.91 Å². The summed E-state index contributed by atoms with van der Waals surface area (Å²) in [5, 5.41) is 7.20. The van der Waals surface area contributed by atoms with Gasteiger partial charge < -0.3 is 20.3 Å². The second kappa shape index (κ2) is 13.5. The average molecular weight is 708 g/mol. The highest BCUT2D eigenvalue weighted by Gasteiger charge is 2.66. The van der Waals surface area contributed by atoms with Gasteiger partial charge in [-0.1, -0.05) is 127 Å². The smallest absolute Gasteiger partial charge is 0.253 e. The van der Waals surface area contributed by atoms with Gasteiger partial charge in [0.2, 0.25) is 0 Å². The highest BCUT2D eigenvalue weighted by molar-refractivity contribution is 6.00. The molecule has 0 saturated carbocycles. The van der Waals surface area contributed by atoms with Crippen molar-refractivity contribution in [2.45, 2.75) is 30.1 Å². The summed E-state index contributed by atoms with van der Waals surface area (Å²) < 4.78 is 5.51. The fourth-order valence-electron chi connectivity index (χ4n) is 9.01. The highest BCUT2D eigenvalue weighted by atomic mass is 16.5. The van der Waals surface area contributed by atoms with Crippen molar-refractivity contribution in [2.24, 2.45) is 0 Å². The van der Waals surface area contributed by atoms with Crippen molar-refractivity contribution in [3.63, 3.8) is 0 Å². The van der Waals surface area contributed by atoms with Gasteiger partial charge in [-0.05, 0) is 65.6 Å². The number of ether oxygens (including phenoxy) is 1. The van der Waals surface area contributed by atoms with E-state index in [2.05, 4.69) is 159 Å². The molecule has 1 amide bonds. The fourth-order valence-corrected chi connectivity index (χ4v) is 9.01. The largest absolute Gasteiger partial charge is 0.497 e. The number of rotatable bonds is 9. The van der Waals surface area contributed by atoms with E-state index in [0.29, 0.717) is 12.2 Å². The van der Waals surface area contributed by atoms with Crippen molar-refractivity contribution in [1.29, 1.82) is 0 Å². The number of methoxy groups -OCH3 is 1. The number of nitrogens with zero attached hydrogens (tertiary/aromatic N) is 3. The first-order chi connectivity index (χ1) is 26.6. The normalized spacial score (nSPS) is 19.4. The maximum atomic E-state index is 14.8. The molecule has 0 bridgehead atoms. The summed E-state index contributed by atoms with van der Waals surface area (Å²) >= 11 is 0. The van der Waals surface area contributed by atoms with Crippen LogP contribution in [0.2, 0.25) is 0 Å². The maximum Gasteiger partial charge on any atom is 0.253 e. The predicted octanol–water partition coefficient (Wildman–Crippen LogP) is 8.55. The molecule has 7 nitrogen and oxygen atoms in total. The first-order valence-electron chi connectivity index (χ1n) is 18.4. The minimum atomic E-state index is -0.845. The third-order valence-electron chi connectivity index (χ3n) is 11.3. The number of hydrogen-bond acceptors (Lipinski definition) is 6. The molecule has 9 rings (SSSR count). The molecule has 1 aliphatic carbocycles. The Morgan fingerprint density at radius 1 is 0.815 bits per heavy atom. The van der Waals surface area contributed by atoms with E-state index in [1.54, 1.807) is 7.11 Å². The molecule has 6 aromatic rings. The number of fused-ring (bicyclic) bond motifs is 1. The third-order valence-corrected chi connectivity index (χ3v) is 11.3. The molecule has 1 fully saturated rings. The number of anilines is 2. The van der Waals surface area contributed by atoms with Crippen LogP contribution >= 0.6 is 0 Å². The van der Waals surface area contributed by atoms with Crippen LogP contribution in [0, 0.1) is 0 Å². The van der Waals surface area contributed by atoms with Crippen LogP contribution in [0.4, 0.5) is 11.4 Å². The summed E-state index contributed by atoms with van der Waals surface area (Å²) in [6, 6.07) is 52.5. The topological polar surface area (TPSA) is 69.7 Å². The van der Waals surface area contributed by atoms with Gasteiger partial charge in [0, 0.05) is 29.3 Å². The molecule has 266 valence electrons. The molecule has 3 heterocycles. The zero-order chi connectivity index (χ0) is 36.7. The number of carbonyl (C=O) groups excluding carboxylic acids is 1. The van der Waals surface area contributed by atoms with E-state index in [9.17, 15) is 4.79 Å². The molecule has 5 aromatic carbocycles. The Kier molecular flexibility index (Phi) is 8.36. The molecule has 1 aromatic heterocycles. The number of carbonyl (C=O) groups is 1. The molecular weight excluding hydrogens is 667 g/mol. The Morgan fingerprint density at radius 2 is 1.43 bits per heavy atom. The van der Waals surface area contributed by atoms with E-state index in [-0.39, 0.29) is 18.0 Å². The van der Waals surface area contributed by atoms with Gasteiger partial charge in [0.05, 0.1) is 42.7 Å². The van der Waals surface area contributed by atoms with Crippen LogP contribution in [0.25, 0.3) is 0 Å². The van der Waals surface area contributed by atoms with Crippen LogP contribution in [0.1, 0.15) is 40.8 Å². The van der Waals surface area contributed by atoms with Crippen molar-refractivity contribution in [3.8, 4) is 5.75 Å². The van der Waals surface area contributed by atoms with Crippen molar-refractivity contribution in [2.75, 3.05) is 24.0 Å². The minimum Gasteiger partial charge on any atom is -0.497 e. The van der Waals surface area contributed by atoms with Gasteiger partial charge in [-0.3, -0.25) is 14.7 Å². The number of benzene rings is 5. The van der Waals surface area contributed by atoms with E-state index < -0.39 is 11.1 Å². The first-order valence-corrected chi connectivity index (χ1v) is 18.4. The zero-order valence-corrected chi connectivity index (χ0v) is 30.3. The van der Waals surface area contributed by atoms with Crippen LogP contribution in [-0.2, 0) is 15.9 Å². The van der Waals surface area contributed by atoms with E-state index in [1.807, 2.05) is 49.7 Å². The Hall–Kier alpha value is -6.44. The zero-order valence-electron chi connectivity index (χ0n) is 30.3. The first kappa shape index (κ1) is 33.4. The SMILES string of the molecule is COc1cccc(C(C)NC(=O)C2=C3Nc4ccccc4C34C(C=C2)N(c2ccncc2)CN4C(c2ccccc2)(c2ccccc2)c2ccccc2)c1. The molecular formula is C47H41N5O2. The molecule has 1 spiro atoms. The summed E-state index contributed by atoms with van der Waals surface area (Å²) in [4.78, 5) is 24.3. The number of para-hydroxylation sites is 1. The van der Waals surface area contributed by atoms with Crippen LogP contribution in [0.15, 0.2) is 187 Å². The van der Waals surface area contributed by atoms with Crippen molar-refractivity contribution in [1.82, 2.24) is 15.2 Å². The summed E-state index contributed by atoms with van der Waals surface area (Å²) in [6.45, 7) is 2.55. The summed E-state index contributed by atoms with van der Waals surface area (Å²) in [6.07, 6.45) is 7.95. The summed E-state index contributed by atoms with van der Waals surface area (Å²) in [5.41, 5.74) is 7.29. The van der Waals surface area contributed by atoms with Gasteiger partial charge in [-0.15, -0.1) is 0 Å². The lowest BCUT2D eigenvalue weighted by atomic mass is 9.69. The third kappa shape index (κ3) is 5.07. The molecule has 3 aliphatic rings. The number of amides is 1. The molecule has 0 radical (unpaired) electrons. The Morgan fingerprint density at radius 3 is 2.06 bits per heavy atom. The van der Waals surface area contributed by atoms with Crippen LogP contribution in [-0.4, -0.2) is 35.6 Å². The van der Waals surface area contributed by atoms with Gasteiger partial charge >= 0.3 is 0 Å². The Labute approximate surface area is 316 Å². The number of pyridine rings is 1. The fraction of sp³-hybridized carbons (Fsp3) is 0.149. The van der Waals surface area contributed by atoms with Crippen LogP contribution < -0.4 is 20.3 Å². The lowest BCUT2D eigenvalue weighted by molar-refractivity contribution is -0.118. The summed E-state index contributed by atoms with van der Waals surface area (Å²) in [5.74, 6) is 0.599. The molecule has 3 unspecified atom stereocenters. The standard InChI is InChI=1S/C47H41N5O2/c1-33(34-15-14-22-39(31-34)54-2)49-45(53)40-25-26-43-47(41-23-12-13-24-42(41)50-44(40)47)52(32-51(43)38-27-29-48-30-28-38)46(35-16-6-3-7-17-35,36-18-8-4-9-19-36)37-20-10-5-11-21-37/h3-31,33,43,50H,32H2,1-2H3,(H,49,53). The van der Waals surface area contributed by atoms with E-state index in [4.69, 9.17) is 4.74 Å². The summed E-state index contributed by atoms with van der Waals surface area (Å²) in [7, 11) is 1.66. The molecule has 1 saturated heterocycles. The molecule has 2 N–H and O–H groups in total. The minimum absolute atomic E-state index is 0.151. The van der Waals surface area contributed by atoms with Gasteiger partial charge in [-0.25, -0.2) is 0 Å².